The molecule has 5 heteroatoms. The van der Waals surface area contributed by atoms with E-state index in [1.54, 1.807) is 7.05 Å². The number of likely N-dealkylation sites (N-methyl/N-ethyl adjacent to an activating group) is 1. The average Bonchev–Trinajstić information content (AvgIpc) is 3.31. The minimum absolute atomic E-state index is 0.203. The van der Waals surface area contributed by atoms with Crippen LogP contribution in [-0.4, -0.2) is 43.7 Å². The van der Waals surface area contributed by atoms with Gasteiger partial charge in [-0.15, -0.1) is 0 Å². The highest BCUT2D eigenvalue weighted by Crippen LogP contribution is 2.65. The lowest BCUT2D eigenvalue weighted by Gasteiger charge is -2.39. The van der Waals surface area contributed by atoms with E-state index in [9.17, 15) is 4.79 Å². The molecule has 4 atom stereocenters. The average molecular weight is 414 g/mol. The zero-order valence-corrected chi connectivity index (χ0v) is 19.5. The Hall–Kier alpha value is -1.85. The Bertz CT molecular complexity index is 859. The summed E-state index contributed by atoms with van der Waals surface area (Å²) in [7, 11) is 3.89. The van der Waals surface area contributed by atoms with E-state index >= 15 is 0 Å². The Labute approximate surface area is 181 Å². The van der Waals surface area contributed by atoms with E-state index in [1.165, 1.54) is 19.3 Å². The van der Waals surface area contributed by atoms with Gasteiger partial charge in [0.1, 0.15) is 6.04 Å². The number of para-hydroxylation sites is 1. The normalized spacial score (nSPS) is 27.5. The SMILES string of the molecule is CCOC(=O)[C@H](Cc1c[nH]c2ccccc12)NC.CNC1CC2CCC1(C)C2(C)C. The summed E-state index contributed by atoms with van der Waals surface area (Å²) in [4.78, 5) is 15.0. The highest BCUT2D eigenvalue weighted by atomic mass is 16.5. The summed E-state index contributed by atoms with van der Waals surface area (Å²) in [5, 5.41) is 7.65. The van der Waals surface area contributed by atoms with E-state index in [-0.39, 0.29) is 12.0 Å². The summed E-state index contributed by atoms with van der Waals surface area (Å²) in [6, 6.07) is 8.54. The fourth-order valence-electron chi connectivity index (χ4n) is 5.71. The monoisotopic (exact) mass is 413 g/mol. The quantitative estimate of drug-likeness (QED) is 0.619. The first-order valence-electron chi connectivity index (χ1n) is 11.3. The maximum atomic E-state index is 11.7. The van der Waals surface area contributed by atoms with Crippen molar-refractivity contribution >= 4 is 16.9 Å². The van der Waals surface area contributed by atoms with Crippen molar-refractivity contribution in [2.75, 3.05) is 20.7 Å². The van der Waals surface area contributed by atoms with Crippen LogP contribution in [0, 0.1) is 16.7 Å². The van der Waals surface area contributed by atoms with Gasteiger partial charge in [0.05, 0.1) is 6.61 Å². The maximum Gasteiger partial charge on any atom is 0.323 e. The molecule has 1 heterocycles. The number of carbonyl (C=O) groups excluding carboxylic acids is 1. The Morgan fingerprint density at radius 2 is 2.00 bits per heavy atom. The third kappa shape index (κ3) is 4.02. The summed E-state index contributed by atoms with van der Waals surface area (Å²) in [5.74, 6) is 0.769. The van der Waals surface area contributed by atoms with Gasteiger partial charge < -0.3 is 20.4 Å². The number of aromatic amines is 1. The Kier molecular flexibility index (Phi) is 6.93. The lowest BCUT2D eigenvalue weighted by molar-refractivity contribution is -0.145. The molecule has 2 aliphatic rings. The molecule has 0 radical (unpaired) electrons. The van der Waals surface area contributed by atoms with Crippen LogP contribution in [0.2, 0.25) is 0 Å². The highest BCUT2D eigenvalue weighted by molar-refractivity contribution is 5.84. The molecule has 4 rings (SSSR count). The Morgan fingerprint density at radius 3 is 2.53 bits per heavy atom. The van der Waals surface area contributed by atoms with Gasteiger partial charge >= 0.3 is 5.97 Å². The van der Waals surface area contributed by atoms with Crippen molar-refractivity contribution < 1.29 is 9.53 Å². The zero-order chi connectivity index (χ0) is 21.9. The van der Waals surface area contributed by atoms with Gasteiger partial charge in [0.25, 0.3) is 0 Å². The van der Waals surface area contributed by atoms with Crippen molar-refractivity contribution in [3.63, 3.8) is 0 Å². The van der Waals surface area contributed by atoms with Gasteiger partial charge in [-0.3, -0.25) is 4.79 Å². The minimum atomic E-state index is -0.302. The number of rotatable bonds is 6. The molecule has 2 fully saturated rings. The van der Waals surface area contributed by atoms with Gasteiger partial charge in [0.15, 0.2) is 0 Å². The number of aromatic nitrogens is 1. The number of ether oxygens (including phenoxy) is 1. The first kappa shape index (κ1) is 22.8. The number of hydrogen-bond donors (Lipinski definition) is 3. The van der Waals surface area contributed by atoms with Crippen LogP contribution < -0.4 is 10.6 Å². The molecule has 2 aromatic rings. The zero-order valence-electron chi connectivity index (χ0n) is 19.5. The molecule has 0 amide bonds. The first-order chi connectivity index (χ1) is 14.3. The van der Waals surface area contributed by atoms with E-state index in [2.05, 4.69) is 49.5 Å². The first-order valence-corrected chi connectivity index (χ1v) is 11.3. The van der Waals surface area contributed by atoms with Crippen molar-refractivity contribution in [3.05, 3.63) is 36.0 Å². The molecule has 2 aliphatic carbocycles. The van der Waals surface area contributed by atoms with Crippen LogP contribution in [-0.2, 0) is 16.0 Å². The van der Waals surface area contributed by atoms with Gasteiger partial charge in [-0.2, -0.15) is 0 Å². The van der Waals surface area contributed by atoms with Gasteiger partial charge in [0.2, 0.25) is 0 Å². The van der Waals surface area contributed by atoms with Crippen molar-refractivity contribution in [2.24, 2.45) is 16.7 Å². The molecule has 0 aliphatic heterocycles. The number of fused-ring (bicyclic) bond motifs is 3. The third-order valence-corrected chi connectivity index (χ3v) is 8.16. The molecular formula is C25H39N3O2. The predicted molar refractivity (Wildman–Crippen MR) is 124 cm³/mol. The van der Waals surface area contributed by atoms with Crippen molar-refractivity contribution in [1.82, 2.24) is 15.6 Å². The lowest BCUT2D eigenvalue weighted by atomic mass is 9.69. The van der Waals surface area contributed by atoms with Crippen LogP contribution in [0.5, 0.6) is 0 Å². The summed E-state index contributed by atoms with van der Waals surface area (Å²) < 4.78 is 5.04. The van der Waals surface area contributed by atoms with E-state index in [1.807, 2.05) is 31.3 Å². The van der Waals surface area contributed by atoms with E-state index in [4.69, 9.17) is 4.74 Å². The van der Waals surface area contributed by atoms with E-state index < -0.39 is 0 Å². The summed E-state index contributed by atoms with van der Waals surface area (Å²) in [6.45, 7) is 9.62. The summed E-state index contributed by atoms with van der Waals surface area (Å²) >= 11 is 0. The van der Waals surface area contributed by atoms with Crippen molar-refractivity contribution in [1.29, 1.82) is 0 Å². The smallest absolute Gasteiger partial charge is 0.323 e. The Balaban J connectivity index is 0.000000184. The molecule has 3 unspecified atom stereocenters. The number of H-pyrrole nitrogens is 1. The van der Waals surface area contributed by atoms with Crippen LogP contribution in [0.25, 0.3) is 10.9 Å². The van der Waals surface area contributed by atoms with Crippen molar-refractivity contribution in [2.45, 2.75) is 65.5 Å². The number of hydrogen-bond acceptors (Lipinski definition) is 4. The molecule has 5 nitrogen and oxygen atoms in total. The number of benzene rings is 1. The van der Waals surface area contributed by atoms with Gasteiger partial charge in [-0.05, 0) is 68.7 Å². The molecule has 30 heavy (non-hydrogen) atoms. The molecule has 166 valence electrons. The largest absolute Gasteiger partial charge is 0.465 e. The minimum Gasteiger partial charge on any atom is -0.465 e. The molecule has 0 spiro atoms. The van der Waals surface area contributed by atoms with Crippen LogP contribution in [0.15, 0.2) is 30.5 Å². The van der Waals surface area contributed by atoms with Crippen LogP contribution >= 0.6 is 0 Å². The van der Waals surface area contributed by atoms with E-state index in [0.29, 0.717) is 23.9 Å². The number of esters is 1. The highest BCUT2D eigenvalue weighted by Gasteiger charge is 2.60. The van der Waals surface area contributed by atoms with Crippen LogP contribution in [0.3, 0.4) is 0 Å². The van der Waals surface area contributed by atoms with Crippen LogP contribution in [0.4, 0.5) is 0 Å². The van der Waals surface area contributed by atoms with Gasteiger partial charge in [0, 0.05) is 29.6 Å². The fraction of sp³-hybridized carbons (Fsp3) is 0.640. The molecule has 0 saturated heterocycles. The number of nitrogens with one attached hydrogen (secondary N) is 3. The van der Waals surface area contributed by atoms with Crippen molar-refractivity contribution in [3.8, 4) is 0 Å². The molecule has 3 N–H and O–H groups in total. The molecular weight excluding hydrogens is 374 g/mol. The number of carbonyl (C=O) groups is 1. The van der Waals surface area contributed by atoms with Gasteiger partial charge in [-0.25, -0.2) is 0 Å². The predicted octanol–water partition coefficient (Wildman–Crippen LogP) is 4.28. The van der Waals surface area contributed by atoms with Crippen LogP contribution in [0.1, 0.15) is 52.5 Å². The topological polar surface area (TPSA) is 66.2 Å². The lowest BCUT2D eigenvalue weighted by Crippen LogP contribution is -2.42. The standard InChI is InChI=1S/C14H18N2O2.C11H21N/c1-3-18-14(17)13(15-2)8-10-9-16-12-7-5-4-6-11(10)12;1-10(2)8-5-6-11(10,3)9(7-8)12-4/h4-7,9,13,15-16H,3,8H2,1-2H3;8-9,12H,5-7H2,1-4H3/t13-;/m0./s1. The summed E-state index contributed by atoms with van der Waals surface area (Å²) in [6.07, 6.45) is 6.87. The fourth-order valence-corrected chi connectivity index (χ4v) is 5.71. The molecule has 1 aromatic carbocycles. The second-order valence-corrected chi connectivity index (χ2v) is 9.61. The molecule has 2 saturated carbocycles. The second kappa shape index (κ2) is 9.11. The molecule has 2 bridgehead atoms. The molecule has 1 aromatic heterocycles. The maximum absolute atomic E-state index is 11.7. The second-order valence-electron chi connectivity index (χ2n) is 9.61. The van der Waals surface area contributed by atoms with E-state index in [0.717, 1.165) is 28.4 Å². The third-order valence-electron chi connectivity index (χ3n) is 8.16. The summed E-state index contributed by atoms with van der Waals surface area (Å²) in [5.41, 5.74) is 3.34. The van der Waals surface area contributed by atoms with Gasteiger partial charge in [-0.1, -0.05) is 39.0 Å². The Morgan fingerprint density at radius 1 is 1.27 bits per heavy atom.